The Bertz CT molecular complexity index is 1100. The molecule has 0 saturated carbocycles. The Morgan fingerprint density at radius 3 is 2.67 bits per heavy atom. The predicted octanol–water partition coefficient (Wildman–Crippen LogP) is 0.879. The molecule has 0 bridgehead atoms. The summed E-state index contributed by atoms with van der Waals surface area (Å²) in [6.45, 7) is 4.83. The van der Waals surface area contributed by atoms with Gasteiger partial charge in [0, 0.05) is 51.4 Å². The van der Waals surface area contributed by atoms with E-state index in [2.05, 4.69) is 48.9 Å². The number of amides is 2. The molecule has 4 rings (SSSR count). The number of carbonyl (C=O) groups excluding carboxylic acids is 2. The van der Waals surface area contributed by atoms with Crippen LogP contribution < -0.4 is 10.6 Å². The van der Waals surface area contributed by atoms with E-state index in [4.69, 9.17) is 5.21 Å². The number of likely N-dealkylation sites (tertiary alicyclic amines) is 1. The third-order valence-electron chi connectivity index (χ3n) is 6.67. The first-order valence-corrected chi connectivity index (χ1v) is 12.2. The maximum Gasteiger partial charge on any atom is 0.271 e. The highest BCUT2D eigenvalue weighted by Gasteiger charge is 2.25. The Kier molecular flexibility index (Phi) is 8.44. The van der Waals surface area contributed by atoms with E-state index in [1.807, 2.05) is 6.07 Å². The molecule has 2 aromatic rings. The number of aliphatic hydroxyl groups is 1. The Morgan fingerprint density at radius 1 is 1.17 bits per heavy atom. The number of aromatic nitrogens is 2. The smallest absolute Gasteiger partial charge is 0.271 e. The van der Waals surface area contributed by atoms with Crippen LogP contribution in [-0.2, 0) is 17.8 Å². The molecule has 3 heterocycles. The molecular weight excluding hydrogens is 462 g/mol. The normalized spacial score (nSPS) is 17.8. The number of β-amino-alcohol motifs (C(OH)–C–C–N with tert-alkyl or cyclic N) is 1. The number of carbonyl (C=O) groups is 2. The maximum absolute atomic E-state index is 12.6. The summed E-state index contributed by atoms with van der Waals surface area (Å²) in [7, 11) is 0. The second-order valence-electron chi connectivity index (χ2n) is 9.30. The minimum Gasteiger partial charge on any atom is -0.410 e. The van der Waals surface area contributed by atoms with Crippen molar-refractivity contribution in [2.75, 3.05) is 38.0 Å². The first-order chi connectivity index (χ1) is 17.4. The number of rotatable bonds is 8. The Balaban J connectivity index is 1.22. The molecule has 4 N–H and O–H groups in total. The SMILES string of the molecule is C/C(=N/O)C(=O)N1CCC(Nc2cc(C(=O)NC[C@H](O)CN3CCc4ccccc4C3)ncn2)CC1. The van der Waals surface area contributed by atoms with Crippen molar-refractivity contribution in [2.24, 2.45) is 5.16 Å². The fourth-order valence-corrected chi connectivity index (χ4v) is 4.64. The molecular formula is C25H33N7O4. The van der Waals surface area contributed by atoms with Crippen molar-refractivity contribution in [1.82, 2.24) is 25.1 Å². The van der Waals surface area contributed by atoms with Crippen LogP contribution in [0.15, 0.2) is 41.8 Å². The van der Waals surface area contributed by atoms with Crippen molar-refractivity contribution >= 4 is 23.3 Å². The summed E-state index contributed by atoms with van der Waals surface area (Å²) < 4.78 is 0. The second kappa shape index (κ2) is 11.9. The molecule has 2 amide bonds. The van der Waals surface area contributed by atoms with Crippen LogP contribution >= 0.6 is 0 Å². The highest BCUT2D eigenvalue weighted by atomic mass is 16.4. The minimum atomic E-state index is -0.689. The van der Waals surface area contributed by atoms with Gasteiger partial charge in [-0.15, -0.1) is 0 Å². The molecule has 11 heteroatoms. The second-order valence-corrected chi connectivity index (χ2v) is 9.30. The van der Waals surface area contributed by atoms with Crippen LogP contribution in [0.5, 0.6) is 0 Å². The fourth-order valence-electron chi connectivity index (χ4n) is 4.64. The number of fused-ring (bicyclic) bond motifs is 1. The Morgan fingerprint density at radius 2 is 1.92 bits per heavy atom. The average Bonchev–Trinajstić information content (AvgIpc) is 2.91. The van der Waals surface area contributed by atoms with Crippen LogP contribution in [0.4, 0.5) is 5.82 Å². The number of hydrogen-bond donors (Lipinski definition) is 4. The maximum atomic E-state index is 12.6. The first-order valence-electron chi connectivity index (χ1n) is 12.2. The summed E-state index contributed by atoms with van der Waals surface area (Å²) in [6.07, 6.45) is 2.99. The highest BCUT2D eigenvalue weighted by Crippen LogP contribution is 2.19. The van der Waals surface area contributed by atoms with Crippen molar-refractivity contribution in [3.8, 4) is 0 Å². The summed E-state index contributed by atoms with van der Waals surface area (Å²) in [5.74, 6) is -0.118. The number of nitrogens with one attached hydrogen (secondary N) is 2. The zero-order chi connectivity index (χ0) is 25.5. The van der Waals surface area contributed by atoms with Gasteiger partial charge in [0.25, 0.3) is 11.8 Å². The number of benzene rings is 1. The standard InChI is InChI=1S/C25H33N7O4/c1-17(30-36)25(35)32-10-7-20(8-11-32)29-23-12-22(27-16-28-23)24(34)26-13-21(33)15-31-9-6-18-4-2-3-5-19(18)14-31/h2-5,12,16,20-21,33,36H,6-11,13-15H2,1H3,(H,26,34)(H,27,28,29)/b30-17-/t21-/m0/s1. The van der Waals surface area contributed by atoms with E-state index < -0.39 is 6.10 Å². The molecule has 0 radical (unpaired) electrons. The summed E-state index contributed by atoms with van der Waals surface area (Å²) >= 11 is 0. The molecule has 11 nitrogen and oxygen atoms in total. The van der Waals surface area contributed by atoms with Gasteiger partial charge in [0.15, 0.2) is 0 Å². The van der Waals surface area contributed by atoms with Crippen LogP contribution in [0.2, 0.25) is 0 Å². The zero-order valence-electron chi connectivity index (χ0n) is 20.4. The van der Waals surface area contributed by atoms with E-state index in [9.17, 15) is 14.7 Å². The van der Waals surface area contributed by atoms with Gasteiger partial charge in [-0.3, -0.25) is 14.5 Å². The molecule has 1 saturated heterocycles. The molecule has 36 heavy (non-hydrogen) atoms. The van der Waals surface area contributed by atoms with E-state index >= 15 is 0 Å². The molecule has 0 spiro atoms. The summed E-state index contributed by atoms with van der Waals surface area (Å²) in [4.78, 5) is 36.9. The largest absolute Gasteiger partial charge is 0.410 e. The van der Waals surface area contributed by atoms with Crippen LogP contribution in [0.1, 0.15) is 41.4 Å². The lowest BCUT2D eigenvalue weighted by Gasteiger charge is -2.32. The minimum absolute atomic E-state index is 0.0687. The summed E-state index contributed by atoms with van der Waals surface area (Å²) in [6, 6.07) is 10.0. The predicted molar refractivity (Wildman–Crippen MR) is 134 cm³/mol. The third kappa shape index (κ3) is 6.55. The van der Waals surface area contributed by atoms with Crippen molar-refractivity contribution in [1.29, 1.82) is 0 Å². The molecule has 1 aromatic heterocycles. The highest BCUT2D eigenvalue weighted by molar-refractivity contribution is 6.37. The van der Waals surface area contributed by atoms with Gasteiger partial charge < -0.3 is 25.8 Å². The van der Waals surface area contributed by atoms with Gasteiger partial charge in [-0.05, 0) is 37.3 Å². The van der Waals surface area contributed by atoms with E-state index in [1.54, 1.807) is 11.0 Å². The Hall–Kier alpha value is -3.57. The lowest BCUT2D eigenvalue weighted by atomic mass is 10.00. The summed E-state index contributed by atoms with van der Waals surface area (Å²) in [5, 5.41) is 28.3. The van der Waals surface area contributed by atoms with Crippen LogP contribution in [0.3, 0.4) is 0 Å². The van der Waals surface area contributed by atoms with Gasteiger partial charge in [-0.2, -0.15) is 0 Å². The van der Waals surface area contributed by atoms with Crippen molar-refractivity contribution in [3.63, 3.8) is 0 Å². The van der Waals surface area contributed by atoms with Crippen LogP contribution in [0.25, 0.3) is 0 Å². The molecule has 192 valence electrons. The molecule has 2 aliphatic heterocycles. The lowest BCUT2D eigenvalue weighted by Crippen LogP contribution is -2.44. The summed E-state index contributed by atoms with van der Waals surface area (Å²) in [5.41, 5.74) is 2.93. The molecule has 1 atom stereocenters. The van der Waals surface area contributed by atoms with Gasteiger partial charge in [0.1, 0.15) is 23.6 Å². The third-order valence-corrected chi connectivity index (χ3v) is 6.67. The first kappa shape index (κ1) is 25.5. The average molecular weight is 496 g/mol. The zero-order valence-corrected chi connectivity index (χ0v) is 20.4. The number of nitrogens with zero attached hydrogens (tertiary/aromatic N) is 5. The lowest BCUT2D eigenvalue weighted by molar-refractivity contribution is -0.125. The van der Waals surface area contributed by atoms with Gasteiger partial charge in [0.2, 0.25) is 0 Å². The Labute approximate surface area is 210 Å². The molecule has 1 aromatic carbocycles. The number of piperidine rings is 1. The van der Waals surface area contributed by atoms with E-state index in [0.717, 1.165) is 19.5 Å². The molecule has 1 fully saturated rings. The van der Waals surface area contributed by atoms with E-state index in [-0.39, 0.29) is 35.8 Å². The van der Waals surface area contributed by atoms with Gasteiger partial charge in [0.05, 0.1) is 6.10 Å². The van der Waals surface area contributed by atoms with Crippen LogP contribution in [0, 0.1) is 0 Å². The quantitative estimate of drug-likeness (QED) is 0.240. The van der Waals surface area contributed by atoms with Crippen LogP contribution in [-0.4, -0.2) is 92.5 Å². The van der Waals surface area contributed by atoms with Crippen molar-refractivity contribution in [2.45, 2.75) is 44.9 Å². The van der Waals surface area contributed by atoms with E-state index in [0.29, 0.717) is 38.3 Å². The monoisotopic (exact) mass is 495 g/mol. The fraction of sp³-hybridized carbons (Fsp3) is 0.480. The number of aliphatic hydroxyl groups excluding tert-OH is 1. The van der Waals surface area contributed by atoms with Crippen molar-refractivity contribution in [3.05, 3.63) is 53.5 Å². The number of hydrogen-bond acceptors (Lipinski definition) is 9. The van der Waals surface area contributed by atoms with Gasteiger partial charge in [-0.25, -0.2) is 9.97 Å². The van der Waals surface area contributed by atoms with Gasteiger partial charge in [-0.1, -0.05) is 29.4 Å². The molecule has 2 aliphatic rings. The van der Waals surface area contributed by atoms with E-state index in [1.165, 1.54) is 24.4 Å². The number of anilines is 1. The molecule has 0 unspecified atom stereocenters. The van der Waals surface area contributed by atoms with Crippen molar-refractivity contribution < 1.29 is 19.9 Å². The molecule has 0 aliphatic carbocycles. The van der Waals surface area contributed by atoms with Gasteiger partial charge >= 0.3 is 0 Å². The number of oxime groups is 1. The topological polar surface area (TPSA) is 143 Å².